The van der Waals surface area contributed by atoms with Crippen LogP contribution in [0, 0.1) is 6.92 Å². The van der Waals surface area contributed by atoms with Crippen LogP contribution in [0.2, 0.25) is 15.1 Å². The highest BCUT2D eigenvalue weighted by molar-refractivity contribution is 6.43. The van der Waals surface area contributed by atoms with E-state index in [2.05, 4.69) is 10.2 Å². The molecule has 0 aliphatic carbocycles. The van der Waals surface area contributed by atoms with Gasteiger partial charge in [0.2, 0.25) is 0 Å². The maximum absolute atomic E-state index is 13.1. The summed E-state index contributed by atoms with van der Waals surface area (Å²) in [6.07, 6.45) is 0.160. The molecule has 0 saturated carbocycles. The molecule has 4 nitrogen and oxygen atoms in total. The van der Waals surface area contributed by atoms with Crippen LogP contribution in [0.25, 0.3) is 10.8 Å². The number of carbonyl (C=O) groups is 1. The van der Waals surface area contributed by atoms with Gasteiger partial charge in [-0.2, -0.15) is 0 Å². The molecule has 0 fully saturated rings. The first kappa shape index (κ1) is 22.3. The zero-order chi connectivity index (χ0) is 22.8. The number of phenols is 1. The third-order valence-corrected chi connectivity index (χ3v) is 6.18. The number of carbonyl (C=O) groups excluding carboxylic acids is 1. The molecule has 0 spiro atoms. The number of hydrogen-bond acceptors (Lipinski definition) is 4. The molecule has 160 valence electrons. The summed E-state index contributed by atoms with van der Waals surface area (Å²) in [5, 5.41) is 21.6. The first-order valence-corrected chi connectivity index (χ1v) is 10.9. The van der Waals surface area contributed by atoms with Crippen molar-refractivity contribution in [1.82, 2.24) is 0 Å². The van der Waals surface area contributed by atoms with Crippen LogP contribution in [0.4, 0.5) is 11.4 Å². The van der Waals surface area contributed by atoms with Crippen molar-refractivity contribution in [2.24, 2.45) is 10.2 Å². The Morgan fingerprint density at radius 2 is 1.56 bits per heavy atom. The monoisotopic (exact) mass is 482 g/mol. The molecule has 0 aliphatic rings. The molecule has 7 heteroatoms. The summed E-state index contributed by atoms with van der Waals surface area (Å²) in [7, 11) is 0. The zero-order valence-electron chi connectivity index (χ0n) is 16.9. The highest BCUT2D eigenvalue weighted by Gasteiger charge is 2.19. The zero-order valence-corrected chi connectivity index (χ0v) is 19.2. The van der Waals surface area contributed by atoms with Crippen molar-refractivity contribution in [2.45, 2.75) is 13.3 Å². The third-order valence-electron chi connectivity index (χ3n) is 5.16. The minimum atomic E-state index is -0.234. The van der Waals surface area contributed by atoms with Crippen LogP contribution in [0.15, 0.2) is 77.0 Å². The number of aryl methyl sites for hydroxylation is 1. The van der Waals surface area contributed by atoms with Crippen LogP contribution in [-0.2, 0) is 6.42 Å². The largest absolute Gasteiger partial charge is 0.505 e. The first-order chi connectivity index (χ1) is 15.3. The number of phenolic OH excluding ortho intramolecular Hbond substituents is 1. The molecule has 1 N–H and O–H groups in total. The number of rotatable bonds is 5. The van der Waals surface area contributed by atoms with Gasteiger partial charge in [0.05, 0.1) is 20.6 Å². The van der Waals surface area contributed by atoms with E-state index in [4.69, 9.17) is 34.8 Å². The maximum atomic E-state index is 13.1. The number of ketones is 1. The summed E-state index contributed by atoms with van der Waals surface area (Å²) >= 11 is 18.2. The van der Waals surface area contributed by atoms with Crippen molar-refractivity contribution in [2.75, 3.05) is 0 Å². The summed E-state index contributed by atoms with van der Waals surface area (Å²) in [5.41, 5.74) is 2.56. The molecule has 0 heterocycles. The lowest BCUT2D eigenvalue weighted by Crippen LogP contribution is -2.05. The minimum Gasteiger partial charge on any atom is -0.505 e. The normalized spacial score (nSPS) is 11.4. The number of Topliss-reactive ketones (excluding diaryl/α,β-unsaturated/α-hetero) is 1. The number of azo groups is 1. The van der Waals surface area contributed by atoms with Crippen LogP contribution in [0.1, 0.15) is 21.5 Å². The van der Waals surface area contributed by atoms with E-state index < -0.39 is 0 Å². The van der Waals surface area contributed by atoms with Gasteiger partial charge < -0.3 is 5.11 Å². The molecule has 0 amide bonds. The Bertz CT molecular complexity index is 1380. The van der Waals surface area contributed by atoms with Gasteiger partial charge in [-0.25, -0.2) is 0 Å². The van der Waals surface area contributed by atoms with Crippen LogP contribution in [-0.4, -0.2) is 10.9 Å². The van der Waals surface area contributed by atoms with Crippen molar-refractivity contribution in [3.8, 4) is 5.75 Å². The lowest BCUT2D eigenvalue weighted by molar-refractivity contribution is 0.0990. The van der Waals surface area contributed by atoms with E-state index in [1.165, 1.54) is 12.1 Å². The van der Waals surface area contributed by atoms with E-state index in [0.29, 0.717) is 16.1 Å². The van der Waals surface area contributed by atoms with Gasteiger partial charge in [-0.3, -0.25) is 4.79 Å². The molecule has 32 heavy (non-hydrogen) atoms. The Labute approximate surface area is 200 Å². The highest BCUT2D eigenvalue weighted by atomic mass is 35.5. The van der Waals surface area contributed by atoms with Gasteiger partial charge in [-0.1, -0.05) is 83.3 Å². The standard InChI is InChI=1S/C25H17Cl3N2O2/c1-14-6-2-3-7-15(14)11-23(31)18-10-16-8-4-5-9-17(16)24(25(18)32)30-29-22-13-20(27)19(26)12-21(22)28/h2-10,12-13,32H,11H2,1H3. The average Bonchev–Trinajstić information content (AvgIpc) is 2.77. The van der Waals surface area contributed by atoms with Crippen LogP contribution in [0.5, 0.6) is 5.75 Å². The quantitative estimate of drug-likeness (QED) is 0.175. The summed E-state index contributed by atoms with van der Waals surface area (Å²) in [5.74, 6) is -0.450. The highest BCUT2D eigenvalue weighted by Crippen LogP contribution is 2.41. The van der Waals surface area contributed by atoms with Gasteiger partial charge in [0.15, 0.2) is 11.5 Å². The predicted molar refractivity (Wildman–Crippen MR) is 130 cm³/mol. The van der Waals surface area contributed by atoms with Gasteiger partial charge in [0.1, 0.15) is 11.4 Å². The van der Waals surface area contributed by atoms with Crippen molar-refractivity contribution in [3.63, 3.8) is 0 Å². The fourth-order valence-corrected chi connectivity index (χ4v) is 3.98. The van der Waals surface area contributed by atoms with E-state index in [-0.39, 0.29) is 39.2 Å². The Kier molecular flexibility index (Phi) is 6.47. The van der Waals surface area contributed by atoms with Crippen molar-refractivity contribution in [3.05, 3.63) is 98.5 Å². The van der Waals surface area contributed by atoms with Gasteiger partial charge >= 0.3 is 0 Å². The Balaban J connectivity index is 1.80. The fraction of sp³-hybridized carbons (Fsp3) is 0.0800. The van der Waals surface area contributed by atoms with Gasteiger partial charge in [0.25, 0.3) is 0 Å². The second-order valence-electron chi connectivity index (χ2n) is 7.29. The first-order valence-electron chi connectivity index (χ1n) is 9.74. The summed E-state index contributed by atoms with van der Waals surface area (Å²) in [6.45, 7) is 1.95. The van der Waals surface area contributed by atoms with Gasteiger partial charge in [-0.05, 0) is 41.6 Å². The molecule has 0 radical (unpaired) electrons. The van der Waals surface area contributed by atoms with E-state index >= 15 is 0 Å². The number of aromatic hydroxyl groups is 1. The Morgan fingerprint density at radius 1 is 0.875 bits per heavy atom. The number of benzene rings is 4. The van der Waals surface area contributed by atoms with E-state index in [0.717, 1.165) is 16.5 Å². The van der Waals surface area contributed by atoms with Gasteiger partial charge in [0, 0.05) is 11.8 Å². The van der Waals surface area contributed by atoms with Crippen LogP contribution in [0.3, 0.4) is 0 Å². The molecule has 0 atom stereocenters. The molecular weight excluding hydrogens is 467 g/mol. The van der Waals surface area contributed by atoms with E-state index in [1.54, 1.807) is 12.1 Å². The fourth-order valence-electron chi connectivity index (χ4n) is 3.40. The number of halogens is 3. The molecule has 0 saturated heterocycles. The van der Waals surface area contributed by atoms with Crippen LogP contribution < -0.4 is 0 Å². The molecule has 4 aromatic carbocycles. The molecule has 0 aliphatic heterocycles. The number of fused-ring (bicyclic) bond motifs is 1. The van der Waals surface area contributed by atoms with Crippen molar-refractivity contribution < 1.29 is 9.90 Å². The molecule has 0 aromatic heterocycles. The topological polar surface area (TPSA) is 62.0 Å². The number of nitrogens with zero attached hydrogens (tertiary/aromatic N) is 2. The smallest absolute Gasteiger partial charge is 0.171 e. The lowest BCUT2D eigenvalue weighted by atomic mass is 9.96. The molecule has 4 aromatic rings. The van der Waals surface area contributed by atoms with Crippen LogP contribution >= 0.6 is 34.8 Å². The molecule has 4 rings (SSSR count). The molecule has 0 unspecified atom stereocenters. The second kappa shape index (κ2) is 9.29. The molecule has 0 bridgehead atoms. The second-order valence-corrected chi connectivity index (χ2v) is 8.51. The summed E-state index contributed by atoms with van der Waals surface area (Å²) < 4.78 is 0. The van der Waals surface area contributed by atoms with E-state index in [9.17, 15) is 9.90 Å². The Morgan fingerprint density at radius 3 is 2.34 bits per heavy atom. The Hall–Kier alpha value is -2.92. The SMILES string of the molecule is Cc1ccccc1CC(=O)c1cc2ccccc2c(N=Nc2cc(Cl)c(Cl)cc2Cl)c1O. The molecular formula is C25H17Cl3N2O2. The van der Waals surface area contributed by atoms with Crippen molar-refractivity contribution >= 4 is 62.7 Å². The average molecular weight is 484 g/mol. The lowest BCUT2D eigenvalue weighted by Gasteiger charge is -2.11. The summed E-state index contributed by atoms with van der Waals surface area (Å²) in [6, 6.07) is 19.6. The predicted octanol–water partition coefficient (Wildman–Crippen LogP) is 8.65. The third kappa shape index (κ3) is 4.49. The summed E-state index contributed by atoms with van der Waals surface area (Å²) in [4.78, 5) is 13.1. The maximum Gasteiger partial charge on any atom is 0.171 e. The van der Waals surface area contributed by atoms with Gasteiger partial charge in [-0.15, -0.1) is 10.2 Å². The minimum absolute atomic E-state index is 0.160. The van der Waals surface area contributed by atoms with E-state index in [1.807, 2.05) is 49.4 Å². The number of hydrogen-bond donors (Lipinski definition) is 1. The van der Waals surface area contributed by atoms with Crippen molar-refractivity contribution in [1.29, 1.82) is 0 Å².